The Balaban J connectivity index is 2.83. The van der Waals surface area contributed by atoms with Crippen LogP contribution in [0, 0.1) is 0 Å². The minimum absolute atomic E-state index is 0.411. The van der Waals surface area contributed by atoms with Gasteiger partial charge in [0.2, 0.25) is 0 Å². The van der Waals surface area contributed by atoms with Gasteiger partial charge in [0.1, 0.15) is 6.79 Å². The number of unbranched alkanes of at least 4 members (excludes halogenated alkanes) is 2. The molecule has 0 atom stereocenters. The fourth-order valence-electron chi connectivity index (χ4n) is 0.836. The number of ether oxygens (including phenoxy) is 2. The Bertz CT molecular complexity index is 107. The standard InChI is InChI=1S/C11H20O2/c1-3-5-7-9-12-11-13-10-8-6-4-2/h3-4H,1-2,5-11H2. The predicted molar refractivity (Wildman–Crippen MR) is 55.6 cm³/mol. The number of rotatable bonds is 10. The van der Waals surface area contributed by atoms with Gasteiger partial charge in [-0.1, -0.05) is 12.2 Å². The van der Waals surface area contributed by atoms with E-state index in [1.165, 1.54) is 0 Å². The smallest absolute Gasteiger partial charge is 0.146 e. The van der Waals surface area contributed by atoms with Crippen molar-refractivity contribution in [3.63, 3.8) is 0 Å². The van der Waals surface area contributed by atoms with Crippen molar-refractivity contribution in [3.8, 4) is 0 Å². The Labute approximate surface area is 81.2 Å². The lowest BCUT2D eigenvalue weighted by molar-refractivity contribution is -0.0544. The van der Waals surface area contributed by atoms with Gasteiger partial charge in [-0.3, -0.25) is 0 Å². The maximum atomic E-state index is 5.22. The van der Waals surface area contributed by atoms with E-state index < -0.39 is 0 Å². The van der Waals surface area contributed by atoms with Crippen molar-refractivity contribution in [2.75, 3.05) is 20.0 Å². The molecule has 0 aromatic carbocycles. The van der Waals surface area contributed by atoms with Gasteiger partial charge >= 0.3 is 0 Å². The molecule has 0 amide bonds. The second-order valence-corrected chi connectivity index (χ2v) is 2.80. The SMILES string of the molecule is C=CCCCOCOCCCC=C. The molecule has 0 saturated heterocycles. The first-order chi connectivity index (χ1) is 6.41. The molecule has 13 heavy (non-hydrogen) atoms. The molecular weight excluding hydrogens is 164 g/mol. The third-order valence-corrected chi connectivity index (χ3v) is 1.56. The van der Waals surface area contributed by atoms with E-state index in [1.54, 1.807) is 0 Å². The van der Waals surface area contributed by atoms with E-state index in [4.69, 9.17) is 9.47 Å². The average molecular weight is 184 g/mol. The Kier molecular flexibility index (Phi) is 10.9. The third kappa shape index (κ3) is 11.4. The van der Waals surface area contributed by atoms with Crippen LogP contribution in [0.15, 0.2) is 25.3 Å². The van der Waals surface area contributed by atoms with Crippen LogP contribution in [0.4, 0.5) is 0 Å². The van der Waals surface area contributed by atoms with Crippen molar-refractivity contribution in [1.82, 2.24) is 0 Å². The normalized spacial score (nSPS) is 9.85. The monoisotopic (exact) mass is 184 g/mol. The Morgan fingerprint density at radius 3 is 1.69 bits per heavy atom. The van der Waals surface area contributed by atoms with Gasteiger partial charge in [-0.05, 0) is 25.7 Å². The van der Waals surface area contributed by atoms with Gasteiger partial charge in [0, 0.05) is 13.2 Å². The molecule has 0 N–H and O–H groups in total. The third-order valence-electron chi connectivity index (χ3n) is 1.56. The van der Waals surface area contributed by atoms with Crippen LogP contribution in [0.2, 0.25) is 0 Å². The lowest BCUT2D eigenvalue weighted by atomic mass is 10.3. The van der Waals surface area contributed by atoms with Crippen LogP contribution in [0.25, 0.3) is 0 Å². The van der Waals surface area contributed by atoms with E-state index >= 15 is 0 Å². The number of allylic oxidation sites excluding steroid dienone is 2. The second kappa shape index (κ2) is 11.4. The van der Waals surface area contributed by atoms with Crippen LogP contribution < -0.4 is 0 Å². The van der Waals surface area contributed by atoms with Crippen LogP contribution in [0.1, 0.15) is 25.7 Å². The summed E-state index contributed by atoms with van der Waals surface area (Å²) in [6, 6.07) is 0. The van der Waals surface area contributed by atoms with Crippen molar-refractivity contribution >= 4 is 0 Å². The molecule has 0 bridgehead atoms. The molecule has 2 heteroatoms. The highest BCUT2D eigenvalue weighted by Gasteiger charge is 1.88. The molecule has 0 aliphatic rings. The molecule has 0 saturated carbocycles. The summed E-state index contributed by atoms with van der Waals surface area (Å²) in [5, 5.41) is 0. The van der Waals surface area contributed by atoms with Gasteiger partial charge in [0.25, 0.3) is 0 Å². The van der Waals surface area contributed by atoms with E-state index in [0.29, 0.717) is 6.79 Å². The van der Waals surface area contributed by atoms with E-state index in [1.807, 2.05) is 12.2 Å². The zero-order valence-corrected chi connectivity index (χ0v) is 8.34. The first kappa shape index (κ1) is 12.4. The molecular formula is C11H20O2. The fraction of sp³-hybridized carbons (Fsp3) is 0.636. The van der Waals surface area contributed by atoms with Crippen molar-refractivity contribution in [2.45, 2.75) is 25.7 Å². The van der Waals surface area contributed by atoms with Gasteiger partial charge in [0.15, 0.2) is 0 Å². The Hall–Kier alpha value is -0.600. The van der Waals surface area contributed by atoms with Crippen LogP contribution >= 0.6 is 0 Å². The summed E-state index contributed by atoms with van der Waals surface area (Å²) < 4.78 is 10.4. The van der Waals surface area contributed by atoms with Crippen molar-refractivity contribution in [2.24, 2.45) is 0 Å². The van der Waals surface area contributed by atoms with Crippen molar-refractivity contribution < 1.29 is 9.47 Å². The molecule has 0 aliphatic heterocycles. The predicted octanol–water partition coefficient (Wildman–Crippen LogP) is 2.91. The molecule has 0 aliphatic carbocycles. The molecule has 2 nitrogen and oxygen atoms in total. The zero-order chi connectivity index (χ0) is 9.78. The fourth-order valence-corrected chi connectivity index (χ4v) is 0.836. The topological polar surface area (TPSA) is 18.5 Å². The molecule has 0 aromatic heterocycles. The Morgan fingerprint density at radius 1 is 0.846 bits per heavy atom. The average Bonchev–Trinajstić information content (AvgIpc) is 2.16. The summed E-state index contributed by atoms with van der Waals surface area (Å²) in [5.41, 5.74) is 0. The molecule has 0 rings (SSSR count). The molecule has 0 aromatic rings. The maximum absolute atomic E-state index is 5.22. The highest BCUT2D eigenvalue weighted by atomic mass is 16.7. The summed E-state index contributed by atoms with van der Waals surface area (Å²) in [7, 11) is 0. The van der Waals surface area contributed by atoms with Gasteiger partial charge in [0.05, 0.1) is 0 Å². The molecule has 76 valence electrons. The second-order valence-electron chi connectivity index (χ2n) is 2.80. The van der Waals surface area contributed by atoms with Crippen LogP contribution in [0.3, 0.4) is 0 Å². The van der Waals surface area contributed by atoms with Gasteiger partial charge in [-0.2, -0.15) is 0 Å². The largest absolute Gasteiger partial charge is 0.355 e. The van der Waals surface area contributed by atoms with Crippen molar-refractivity contribution in [3.05, 3.63) is 25.3 Å². The summed E-state index contributed by atoms with van der Waals surface area (Å²) in [5.74, 6) is 0. The minimum atomic E-state index is 0.411. The maximum Gasteiger partial charge on any atom is 0.146 e. The first-order valence-corrected chi connectivity index (χ1v) is 4.79. The highest BCUT2D eigenvalue weighted by Crippen LogP contribution is 1.93. The molecule has 0 unspecified atom stereocenters. The lowest BCUT2D eigenvalue weighted by Gasteiger charge is -2.03. The molecule has 0 fully saturated rings. The molecule has 0 radical (unpaired) electrons. The van der Waals surface area contributed by atoms with E-state index in [9.17, 15) is 0 Å². The van der Waals surface area contributed by atoms with E-state index in [2.05, 4.69) is 13.2 Å². The molecule has 0 heterocycles. The Morgan fingerprint density at radius 2 is 1.31 bits per heavy atom. The first-order valence-electron chi connectivity index (χ1n) is 4.79. The van der Waals surface area contributed by atoms with Crippen LogP contribution in [-0.4, -0.2) is 20.0 Å². The molecule has 0 spiro atoms. The summed E-state index contributed by atoms with van der Waals surface area (Å²) in [6.07, 6.45) is 7.87. The van der Waals surface area contributed by atoms with Gasteiger partial charge in [-0.25, -0.2) is 0 Å². The van der Waals surface area contributed by atoms with Crippen LogP contribution in [-0.2, 0) is 9.47 Å². The number of hydrogen-bond donors (Lipinski definition) is 0. The van der Waals surface area contributed by atoms with Crippen LogP contribution in [0.5, 0.6) is 0 Å². The quantitative estimate of drug-likeness (QED) is 0.295. The minimum Gasteiger partial charge on any atom is -0.355 e. The summed E-state index contributed by atoms with van der Waals surface area (Å²) in [4.78, 5) is 0. The van der Waals surface area contributed by atoms with Crippen molar-refractivity contribution in [1.29, 1.82) is 0 Å². The van der Waals surface area contributed by atoms with Gasteiger partial charge < -0.3 is 9.47 Å². The summed E-state index contributed by atoms with van der Waals surface area (Å²) >= 11 is 0. The van der Waals surface area contributed by atoms with Gasteiger partial charge in [-0.15, -0.1) is 13.2 Å². The summed E-state index contributed by atoms with van der Waals surface area (Å²) in [6.45, 7) is 9.19. The van der Waals surface area contributed by atoms with E-state index in [0.717, 1.165) is 38.9 Å². The number of hydrogen-bond acceptors (Lipinski definition) is 2. The zero-order valence-electron chi connectivity index (χ0n) is 8.34. The van der Waals surface area contributed by atoms with E-state index in [-0.39, 0.29) is 0 Å². The highest BCUT2D eigenvalue weighted by molar-refractivity contribution is 4.65. The lowest BCUT2D eigenvalue weighted by Crippen LogP contribution is -2.02.